The third-order valence-corrected chi connectivity index (χ3v) is 5.37. The van der Waals surface area contributed by atoms with Crippen molar-refractivity contribution in [1.82, 2.24) is 14.6 Å². The Balaban J connectivity index is 2.18. The van der Waals surface area contributed by atoms with Crippen LogP contribution in [0.3, 0.4) is 0 Å². The molecule has 0 spiro atoms. The van der Waals surface area contributed by atoms with Gasteiger partial charge < -0.3 is 0 Å². The van der Waals surface area contributed by atoms with Crippen LogP contribution in [0.4, 0.5) is 0 Å². The maximum absolute atomic E-state index is 11.6. The molecule has 0 saturated heterocycles. The van der Waals surface area contributed by atoms with Crippen molar-refractivity contribution >= 4 is 10.0 Å². The lowest BCUT2D eigenvalue weighted by Crippen LogP contribution is -2.36. The first-order valence-corrected chi connectivity index (χ1v) is 9.73. The van der Waals surface area contributed by atoms with Gasteiger partial charge in [0.2, 0.25) is 10.0 Å². The summed E-state index contributed by atoms with van der Waals surface area (Å²) in [6.45, 7) is 4.66. The van der Waals surface area contributed by atoms with Crippen LogP contribution in [0, 0.1) is 6.92 Å². The molecule has 1 heterocycles. The average Bonchev–Trinajstić information content (AvgIpc) is 2.58. The molecular weight excluding hydrogens is 322 g/mol. The van der Waals surface area contributed by atoms with Crippen LogP contribution in [0.25, 0.3) is 0 Å². The molecule has 130 valence electrons. The smallest absolute Gasteiger partial charge is 0.211 e. The minimum atomic E-state index is -3.17. The summed E-state index contributed by atoms with van der Waals surface area (Å²) >= 11 is 0. The zero-order valence-corrected chi connectivity index (χ0v) is 15.3. The summed E-state index contributed by atoms with van der Waals surface area (Å²) in [5, 5.41) is 0. The fourth-order valence-corrected chi connectivity index (χ4v) is 3.15. The molecular formula is C18H25N3O2S. The van der Waals surface area contributed by atoms with Crippen molar-refractivity contribution in [3.63, 3.8) is 0 Å². The number of nitrogens with one attached hydrogen (secondary N) is 1. The molecule has 0 fully saturated rings. The van der Waals surface area contributed by atoms with Crippen LogP contribution in [-0.4, -0.2) is 44.2 Å². The lowest BCUT2D eigenvalue weighted by Gasteiger charge is -2.28. The van der Waals surface area contributed by atoms with Gasteiger partial charge in [-0.15, -0.1) is 0 Å². The van der Waals surface area contributed by atoms with Gasteiger partial charge in [-0.25, -0.2) is 13.1 Å². The van der Waals surface area contributed by atoms with Crippen LogP contribution >= 0.6 is 0 Å². The monoisotopic (exact) mass is 347 g/mol. The number of hydrogen-bond donors (Lipinski definition) is 1. The SMILES string of the molecule is CCS(=O)(=O)NCCN(C)[C@@H](c1ccc(C)cc1)c1ccccn1. The molecule has 0 amide bonds. The van der Waals surface area contributed by atoms with Crippen LogP contribution in [-0.2, 0) is 10.0 Å². The summed E-state index contributed by atoms with van der Waals surface area (Å²) in [6.07, 6.45) is 1.78. The number of aromatic nitrogens is 1. The second-order valence-corrected chi connectivity index (χ2v) is 7.94. The Bertz CT molecular complexity index is 731. The number of pyridine rings is 1. The summed E-state index contributed by atoms with van der Waals surface area (Å²) in [6, 6.07) is 14.2. The fraction of sp³-hybridized carbons (Fsp3) is 0.389. The third-order valence-electron chi connectivity index (χ3n) is 3.97. The first-order valence-electron chi connectivity index (χ1n) is 8.08. The maximum atomic E-state index is 11.6. The molecule has 1 aromatic heterocycles. The number of hydrogen-bond acceptors (Lipinski definition) is 4. The van der Waals surface area contributed by atoms with Crippen LogP contribution in [0.1, 0.15) is 29.8 Å². The van der Waals surface area contributed by atoms with Crippen LogP contribution in [0.15, 0.2) is 48.7 Å². The van der Waals surface area contributed by atoms with Gasteiger partial charge in [0.25, 0.3) is 0 Å². The number of sulfonamides is 1. The van der Waals surface area contributed by atoms with Gasteiger partial charge in [0.1, 0.15) is 0 Å². The molecule has 2 aromatic rings. The van der Waals surface area contributed by atoms with E-state index < -0.39 is 10.0 Å². The van der Waals surface area contributed by atoms with E-state index in [1.807, 2.05) is 25.2 Å². The minimum Gasteiger partial charge on any atom is -0.293 e. The van der Waals surface area contributed by atoms with E-state index >= 15 is 0 Å². The molecule has 0 aliphatic heterocycles. The number of benzene rings is 1. The highest BCUT2D eigenvalue weighted by Gasteiger charge is 2.20. The van der Waals surface area contributed by atoms with Crippen LogP contribution in [0.5, 0.6) is 0 Å². The minimum absolute atomic E-state index is 0.0158. The molecule has 0 bridgehead atoms. The zero-order valence-electron chi connectivity index (χ0n) is 14.4. The number of nitrogens with zero attached hydrogens (tertiary/aromatic N) is 2. The van der Waals surface area contributed by atoms with Crippen molar-refractivity contribution in [3.05, 3.63) is 65.5 Å². The lowest BCUT2D eigenvalue weighted by atomic mass is 10.0. The molecule has 0 aliphatic carbocycles. The Hall–Kier alpha value is -1.76. The van der Waals surface area contributed by atoms with Gasteiger partial charge in [-0.05, 0) is 38.6 Å². The van der Waals surface area contributed by atoms with E-state index in [0.717, 1.165) is 11.3 Å². The Morgan fingerprint density at radius 3 is 2.46 bits per heavy atom. The molecule has 1 aromatic carbocycles. The topological polar surface area (TPSA) is 62.3 Å². The Kier molecular flexibility index (Phi) is 6.48. The van der Waals surface area contributed by atoms with E-state index in [2.05, 4.69) is 45.8 Å². The van der Waals surface area contributed by atoms with E-state index in [-0.39, 0.29) is 11.8 Å². The standard InChI is InChI=1S/C18H25N3O2S/c1-4-24(22,23)20-13-14-21(3)18(17-7-5-6-12-19-17)16-10-8-15(2)9-11-16/h5-12,18,20H,4,13-14H2,1-3H3/t18-/m0/s1. The molecule has 5 nitrogen and oxygen atoms in total. The second-order valence-electron chi connectivity index (χ2n) is 5.85. The lowest BCUT2D eigenvalue weighted by molar-refractivity contribution is 0.279. The summed E-state index contributed by atoms with van der Waals surface area (Å²) in [7, 11) is -1.18. The second kappa shape index (κ2) is 8.37. The highest BCUT2D eigenvalue weighted by atomic mass is 32.2. The van der Waals surface area contributed by atoms with Crippen LogP contribution < -0.4 is 4.72 Å². The normalized spacial score (nSPS) is 13.2. The van der Waals surface area contributed by atoms with Crippen molar-refractivity contribution in [1.29, 1.82) is 0 Å². The van der Waals surface area contributed by atoms with Crippen molar-refractivity contribution in [2.45, 2.75) is 19.9 Å². The molecule has 2 rings (SSSR count). The predicted molar refractivity (Wildman–Crippen MR) is 97.4 cm³/mol. The molecule has 1 N–H and O–H groups in total. The third kappa shape index (κ3) is 5.12. The van der Waals surface area contributed by atoms with Crippen molar-refractivity contribution in [2.75, 3.05) is 25.9 Å². The Labute approximate surface area is 144 Å². The quantitative estimate of drug-likeness (QED) is 0.796. The highest BCUT2D eigenvalue weighted by molar-refractivity contribution is 7.89. The Morgan fingerprint density at radius 1 is 1.17 bits per heavy atom. The maximum Gasteiger partial charge on any atom is 0.211 e. The van der Waals surface area contributed by atoms with Crippen molar-refractivity contribution < 1.29 is 8.42 Å². The van der Waals surface area contributed by atoms with Gasteiger partial charge in [-0.1, -0.05) is 35.9 Å². The molecule has 0 unspecified atom stereocenters. The van der Waals surface area contributed by atoms with Crippen molar-refractivity contribution in [3.8, 4) is 0 Å². The average molecular weight is 347 g/mol. The van der Waals surface area contributed by atoms with Crippen molar-refractivity contribution in [2.24, 2.45) is 0 Å². The summed E-state index contributed by atoms with van der Waals surface area (Å²) in [5.74, 6) is 0.0956. The van der Waals surface area contributed by atoms with Gasteiger partial charge in [-0.2, -0.15) is 0 Å². The first kappa shape index (κ1) is 18.6. The van der Waals surface area contributed by atoms with E-state index in [1.165, 1.54) is 5.56 Å². The van der Waals surface area contributed by atoms with Gasteiger partial charge in [0, 0.05) is 19.3 Å². The number of rotatable bonds is 8. The van der Waals surface area contributed by atoms with E-state index in [0.29, 0.717) is 13.1 Å². The zero-order chi connectivity index (χ0) is 17.6. The van der Waals surface area contributed by atoms with Gasteiger partial charge in [0.05, 0.1) is 17.5 Å². The van der Waals surface area contributed by atoms with E-state index in [1.54, 1.807) is 13.1 Å². The fourth-order valence-electron chi connectivity index (χ4n) is 2.55. The number of likely N-dealkylation sites (N-methyl/N-ethyl adjacent to an activating group) is 1. The first-order chi connectivity index (χ1) is 11.4. The molecule has 6 heteroatoms. The summed E-state index contributed by atoms with van der Waals surface area (Å²) in [4.78, 5) is 6.61. The predicted octanol–water partition coefficient (Wildman–Crippen LogP) is 2.35. The molecule has 0 aliphatic rings. The van der Waals surface area contributed by atoms with Gasteiger partial charge in [-0.3, -0.25) is 9.88 Å². The van der Waals surface area contributed by atoms with Crippen LogP contribution in [0.2, 0.25) is 0 Å². The Morgan fingerprint density at radius 2 is 1.88 bits per heavy atom. The largest absolute Gasteiger partial charge is 0.293 e. The molecule has 24 heavy (non-hydrogen) atoms. The van der Waals surface area contributed by atoms with Gasteiger partial charge >= 0.3 is 0 Å². The van der Waals surface area contributed by atoms with E-state index in [9.17, 15) is 8.42 Å². The summed E-state index contributed by atoms with van der Waals surface area (Å²) < 4.78 is 25.8. The summed E-state index contributed by atoms with van der Waals surface area (Å²) in [5.41, 5.74) is 3.29. The van der Waals surface area contributed by atoms with E-state index in [4.69, 9.17) is 0 Å². The highest BCUT2D eigenvalue weighted by Crippen LogP contribution is 2.26. The molecule has 0 saturated carbocycles. The molecule has 1 atom stereocenters. The molecule has 0 radical (unpaired) electrons. The van der Waals surface area contributed by atoms with Gasteiger partial charge in [0.15, 0.2) is 0 Å². The number of aryl methyl sites for hydroxylation is 1.